The average molecular weight is 293 g/mol. The van der Waals surface area contributed by atoms with Crippen LogP contribution in [0.25, 0.3) is 6.08 Å². The second-order valence-electron chi connectivity index (χ2n) is 4.82. The van der Waals surface area contributed by atoms with Crippen molar-refractivity contribution in [2.45, 2.75) is 20.4 Å². The van der Waals surface area contributed by atoms with Gasteiger partial charge in [-0.05, 0) is 43.8 Å². The van der Waals surface area contributed by atoms with Crippen LogP contribution in [0.1, 0.15) is 17.0 Å². The summed E-state index contributed by atoms with van der Waals surface area (Å²) in [6, 6.07) is 2.06. The Morgan fingerprint density at radius 2 is 2.15 bits per heavy atom. The molecule has 1 aromatic heterocycles. The molecule has 0 saturated carbocycles. The van der Waals surface area contributed by atoms with E-state index in [1.54, 1.807) is 14.2 Å². The molecule has 2 heterocycles. The molecule has 1 fully saturated rings. The predicted octanol–water partition coefficient (Wildman–Crippen LogP) is 1.44. The lowest BCUT2D eigenvalue weighted by molar-refractivity contribution is -0.121. The maximum atomic E-state index is 12.0. The van der Waals surface area contributed by atoms with Crippen LogP contribution in [0.5, 0.6) is 0 Å². The first-order chi connectivity index (χ1) is 9.45. The second kappa shape index (κ2) is 5.76. The summed E-state index contributed by atoms with van der Waals surface area (Å²) in [5, 5.41) is 3.38. The first-order valence-corrected chi connectivity index (χ1v) is 6.83. The van der Waals surface area contributed by atoms with Crippen LogP contribution < -0.4 is 5.32 Å². The van der Waals surface area contributed by atoms with Gasteiger partial charge >= 0.3 is 0 Å². The quantitative estimate of drug-likeness (QED) is 0.674. The smallest absolute Gasteiger partial charge is 0.276 e. The SMILES string of the molecule is COCCn1c(C)cc(/C=C2/NC(=S)N(C)C2=O)c1C. The van der Waals surface area contributed by atoms with Crippen molar-refractivity contribution in [2.75, 3.05) is 20.8 Å². The number of aryl methyl sites for hydroxylation is 1. The highest BCUT2D eigenvalue weighted by Gasteiger charge is 2.27. The molecule has 2 rings (SSSR count). The molecule has 20 heavy (non-hydrogen) atoms. The molecule has 0 aliphatic carbocycles. The zero-order chi connectivity index (χ0) is 14.9. The van der Waals surface area contributed by atoms with Gasteiger partial charge in [-0.25, -0.2) is 0 Å². The number of ether oxygens (including phenoxy) is 1. The number of hydrogen-bond acceptors (Lipinski definition) is 3. The molecule has 5 nitrogen and oxygen atoms in total. The Hall–Kier alpha value is -1.66. The molecule has 0 atom stereocenters. The highest BCUT2D eigenvalue weighted by atomic mass is 32.1. The van der Waals surface area contributed by atoms with Crippen LogP contribution in [-0.2, 0) is 16.1 Å². The number of aromatic nitrogens is 1. The fourth-order valence-electron chi connectivity index (χ4n) is 2.28. The molecule has 1 aromatic rings. The average Bonchev–Trinajstić information content (AvgIpc) is 2.81. The molecule has 6 heteroatoms. The van der Waals surface area contributed by atoms with Gasteiger partial charge in [0.05, 0.1) is 6.61 Å². The molecular formula is C14H19N3O2S. The van der Waals surface area contributed by atoms with Crippen molar-refractivity contribution in [1.29, 1.82) is 0 Å². The van der Waals surface area contributed by atoms with Crippen molar-refractivity contribution in [1.82, 2.24) is 14.8 Å². The van der Waals surface area contributed by atoms with Crippen molar-refractivity contribution in [2.24, 2.45) is 0 Å². The topological polar surface area (TPSA) is 46.5 Å². The summed E-state index contributed by atoms with van der Waals surface area (Å²) in [7, 11) is 3.36. The summed E-state index contributed by atoms with van der Waals surface area (Å²) < 4.78 is 7.30. The van der Waals surface area contributed by atoms with Crippen molar-refractivity contribution < 1.29 is 9.53 Å². The third kappa shape index (κ3) is 2.62. The Morgan fingerprint density at radius 1 is 1.45 bits per heavy atom. The molecular weight excluding hydrogens is 274 g/mol. The molecule has 0 unspecified atom stereocenters. The van der Waals surface area contributed by atoms with Gasteiger partial charge in [0.2, 0.25) is 0 Å². The maximum absolute atomic E-state index is 12.0. The van der Waals surface area contributed by atoms with Crippen molar-refractivity contribution in [3.05, 3.63) is 28.7 Å². The third-order valence-electron chi connectivity index (χ3n) is 3.51. The van der Waals surface area contributed by atoms with Gasteiger partial charge in [-0.15, -0.1) is 0 Å². The first kappa shape index (κ1) is 14.7. The number of methoxy groups -OCH3 is 1. The highest BCUT2D eigenvalue weighted by molar-refractivity contribution is 7.80. The number of thiocarbonyl (C=S) groups is 1. The summed E-state index contributed by atoms with van der Waals surface area (Å²) in [5.41, 5.74) is 3.80. The van der Waals surface area contributed by atoms with Gasteiger partial charge in [-0.1, -0.05) is 0 Å². The van der Waals surface area contributed by atoms with Crippen LogP contribution in [0.2, 0.25) is 0 Å². The molecule has 108 valence electrons. The van der Waals surface area contributed by atoms with Crippen molar-refractivity contribution >= 4 is 29.3 Å². The highest BCUT2D eigenvalue weighted by Crippen LogP contribution is 2.19. The number of rotatable bonds is 4. The fourth-order valence-corrected chi connectivity index (χ4v) is 2.47. The summed E-state index contributed by atoms with van der Waals surface area (Å²) >= 11 is 5.06. The van der Waals surface area contributed by atoms with Gasteiger partial charge in [-0.3, -0.25) is 9.69 Å². The lowest BCUT2D eigenvalue weighted by Crippen LogP contribution is -2.25. The Kier molecular flexibility index (Phi) is 4.25. The first-order valence-electron chi connectivity index (χ1n) is 6.42. The van der Waals surface area contributed by atoms with E-state index in [1.165, 1.54) is 4.90 Å². The van der Waals surface area contributed by atoms with E-state index in [0.717, 1.165) is 23.5 Å². The molecule has 0 bridgehead atoms. The second-order valence-corrected chi connectivity index (χ2v) is 5.21. The number of carbonyl (C=O) groups excluding carboxylic acids is 1. The molecule has 0 radical (unpaired) electrons. The molecule has 1 amide bonds. The van der Waals surface area contributed by atoms with Crippen LogP contribution in [-0.4, -0.2) is 41.3 Å². The number of hydrogen-bond donors (Lipinski definition) is 1. The molecule has 1 saturated heterocycles. The summed E-state index contributed by atoms with van der Waals surface area (Å²) in [6.45, 7) is 5.55. The van der Waals surface area contributed by atoms with Crippen LogP contribution in [0.15, 0.2) is 11.8 Å². The normalized spacial score (nSPS) is 17.2. The molecule has 1 N–H and O–H groups in total. The fraction of sp³-hybridized carbons (Fsp3) is 0.429. The van der Waals surface area contributed by atoms with E-state index in [9.17, 15) is 4.79 Å². The zero-order valence-electron chi connectivity index (χ0n) is 12.2. The van der Waals surface area contributed by atoms with Crippen LogP contribution in [0, 0.1) is 13.8 Å². The van der Waals surface area contributed by atoms with Gasteiger partial charge in [-0.2, -0.15) is 0 Å². The van der Waals surface area contributed by atoms with Crippen LogP contribution >= 0.6 is 12.2 Å². The molecule has 1 aliphatic heterocycles. The van der Waals surface area contributed by atoms with Gasteiger partial charge in [0.15, 0.2) is 5.11 Å². The van der Waals surface area contributed by atoms with Gasteiger partial charge in [0, 0.05) is 32.1 Å². The van der Waals surface area contributed by atoms with Gasteiger partial charge < -0.3 is 14.6 Å². The van der Waals surface area contributed by atoms with Crippen molar-refractivity contribution in [3.8, 4) is 0 Å². The van der Waals surface area contributed by atoms with E-state index >= 15 is 0 Å². The predicted molar refractivity (Wildman–Crippen MR) is 82.3 cm³/mol. The minimum atomic E-state index is -0.100. The van der Waals surface area contributed by atoms with Gasteiger partial charge in [0.1, 0.15) is 5.70 Å². The Labute approximate surface area is 124 Å². The number of amides is 1. The summed E-state index contributed by atoms with van der Waals surface area (Å²) in [6.07, 6.45) is 1.85. The largest absolute Gasteiger partial charge is 0.383 e. The minimum Gasteiger partial charge on any atom is -0.383 e. The van der Waals surface area contributed by atoms with Crippen molar-refractivity contribution in [3.63, 3.8) is 0 Å². The standard InChI is InChI=1S/C14H19N3O2S/c1-9-7-11(10(2)17(9)5-6-19-4)8-12-13(18)16(3)14(20)15-12/h7-8H,5-6H2,1-4H3,(H,15,20)/b12-8+. The van der Waals surface area contributed by atoms with E-state index in [4.69, 9.17) is 17.0 Å². The van der Waals surface area contributed by atoms with E-state index in [1.807, 2.05) is 19.9 Å². The number of carbonyl (C=O) groups is 1. The Balaban J connectivity index is 2.31. The van der Waals surface area contributed by atoms with E-state index < -0.39 is 0 Å². The van der Waals surface area contributed by atoms with E-state index in [2.05, 4.69) is 16.0 Å². The third-order valence-corrected chi connectivity index (χ3v) is 3.89. The number of nitrogens with one attached hydrogen (secondary N) is 1. The number of nitrogens with zero attached hydrogens (tertiary/aromatic N) is 2. The molecule has 0 spiro atoms. The molecule has 0 aromatic carbocycles. The summed E-state index contributed by atoms with van der Waals surface area (Å²) in [5.74, 6) is -0.100. The zero-order valence-corrected chi connectivity index (χ0v) is 13.0. The maximum Gasteiger partial charge on any atom is 0.276 e. The lowest BCUT2D eigenvalue weighted by atomic mass is 10.2. The van der Waals surface area contributed by atoms with E-state index in [-0.39, 0.29) is 5.91 Å². The van der Waals surface area contributed by atoms with Gasteiger partial charge in [0.25, 0.3) is 5.91 Å². The Bertz CT molecular complexity index is 589. The monoisotopic (exact) mass is 293 g/mol. The van der Waals surface area contributed by atoms with E-state index in [0.29, 0.717) is 17.4 Å². The minimum absolute atomic E-state index is 0.100. The summed E-state index contributed by atoms with van der Waals surface area (Å²) in [4.78, 5) is 13.4. The van der Waals surface area contributed by atoms with Crippen LogP contribution in [0.3, 0.4) is 0 Å². The lowest BCUT2D eigenvalue weighted by Gasteiger charge is -2.08. The Morgan fingerprint density at radius 3 is 2.70 bits per heavy atom. The van der Waals surface area contributed by atoms with Crippen LogP contribution in [0.4, 0.5) is 0 Å². The number of likely N-dealkylation sites (N-methyl/N-ethyl adjacent to an activating group) is 1. The molecule has 1 aliphatic rings.